The van der Waals surface area contributed by atoms with Gasteiger partial charge >= 0.3 is 0 Å². The van der Waals surface area contributed by atoms with E-state index < -0.39 is 5.41 Å². The lowest BCUT2D eigenvalue weighted by Crippen LogP contribution is -2.52. The highest BCUT2D eigenvalue weighted by Gasteiger charge is 2.55. The molecule has 1 aliphatic carbocycles. The van der Waals surface area contributed by atoms with E-state index in [1.165, 1.54) is 0 Å². The van der Waals surface area contributed by atoms with Gasteiger partial charge in [-0.25, -0.2) is 0 Å². The fraction of sp³-hybridized carbons (Fsp3) is 0.421. The molecule has 0 atom stereocenters. The number of carbonyl (C=O) groups excluding carboxylic acids is 2. The lowest BCUT2D eigenvalue weighted by molar-refractivity contribution is -0.140. The van der Waals surface area contributed by atoms with Gasteiger partial charge in [-0.2, -0.15) is 0 Å². The highest BCUT2D eigenvalue weighted by atomic mass is 16.5. The molecule has 4 rings (SSSR count). The van der Waals surface area contributed by atoms with Gasteiger partial charge < -0.3 is 14.3 Å². The molecule has 2 amide bonds. The Bertz CT molecular complexity index is 787. The van der Waals surface area contributed by atoms with E-state index in [2.05, 4.69) is 5.16 Å². The third-order valence-corrected chi connectivity index (χ3v) is 5.23. The summed E-state index contributed by atoms with van der Waals surface area (Å²) in [7, 11) is 0. The Hall–Kier alpha value is -2.63. The van der Waals surface area contributed by atoms with Crippen LogP contribution in [0.25, 0.3) is 11.3 Å². The molecule has 1 saturated carbocycles. The van der Waals surface area contributed by atoms with Crippen LogP contribution in [-0.4, -0.2) is 52.9 Å². The minimum absolute atomic E-state index is 0.0669. The summed E-state index contributed by atoms with van der Waals surface area (Å²) in [6.45, 7) is 3.95. The standard InChI is InChI=1S/C19H21N3O3/c1-14(23)21-9-11-22(12-10-21)18(24)19(7-8-19)17-13-16(25-20-17)15-5-3-2-4-6-15/h2-6,13H,7-12H2,1H3. The number of piperazine rings is 1. The number of aromatic nitrogens is 1. The molecule has 1 saturated heterocycles. The molecule has 6 nitrogen and oxygen atoms in total. The minimum Gasteiger partial charge on any atom is -0.356 e. The first-order valence-electron chi connectivity index (χ1n) is 8.68. The second-order valence-corrected chi connectivity index (χ2v) is 6.82. The number of amides is 2. The Morgan fingerprint density at radius 1 is 1.04 bits per heavy atom. The van der Waals surface area contributed by atoms with Gasteiger partial charge in [0.1, 0.15) is 0 Å². The van der Waals surface area contributed by atoms with Crippen molar-refractivity contribution in [3.8, 4) is 11.3 Å². The van der Waals surface area contributed by atoms with Crippen LogP contribution in [0.3, 0.4) is 0 Å². The fourth-order valence-electron chi connectivity index (χ4n) is 3.47. The third-order valence-electron chi connectivity index (χ3n) is 5.23. The van der Waals surface area contributed by atoms with Crippen molar-refractivity contribution in [1.82, 2.24) is 15.0 Å². The van der Waals surface area contributed by atoms with Crippen LogP contribution in [0, 0.1) is 0 Å². The summed E-state index contributed by atoms with van der Waals surface area (Å²) < 4.78 is 5.49. The van der Waals surface area contributed by atoms with Gasteiger partial charge in [-0.3, -0.25) is 9.59 Å². The number of nitrogens with zero attached hydrogens (tertiary/aromatic N) is 3. The van der Waals surface area contributed by atoms with Crippen molar-refractivity contribution in [1.29, 1.82) is 0 Å². The van der Waals surface area contributed by atoms with Crippen LogP contribution in [0.5, 0.6) is 0 Å². The average Bonchev–Trinajstić information content (AvgIpc) is 3.31. The van der Waals surface area contributed by atoms with E-state index in [1.807, 2.05) is 41.3 Å². The van der Waals surface area contributed by atoms with Crippen molar-refractivity contribution in [3.63, 3.8) is 0 Å². The van der Waals surface area contributed by atoms with Crippen LogP contribution >= 0.6 is 0 Å². The summed E-state index contributed by atoms with van der Waals surface area (Å²) in [6, 6.07) is 11.7. The maximum Gasteiger partial charge on any atom is 0.235 e. The van der Waals surface area contributed by atoms with Crippen molar-refractivity contribution in [2.45, 2.75) is 25.2 Å². The molecule has 1 aliphatic heterocycles. The molecule has 0 N–H and O–H groups in total. The van der Waals surface area contributed by atoms with E-state index in [-0.39, 0.29) is 11.8 Å². The van der Waals surface area contributed by atoms with Gasteiger partial charge in [-0.1, -0.05) is 35.5 Å². The second kappa shape index (κ2) is 6.02. The molecule has 0 spiro atoms. The molecule has 6 heteroatoms. The van der Waals surface area contributed by atoms with Crippen LogP contribution in [0.1, 0.15) is 25.5 Å². The zero-order valence-corrected chi connectivity index (χ0v) is 14.3. The zero-order valence-electron chi connectivity index (χ0n) is 14.3. The van der Waals surface area contributed by atoms with E-state index in [1.54, 1.807) is 11.8 Å². The lowest BCUT2D eigenvalue weighted by Gasteiger charge is -2.35. The molecule has 130 valence electrons. The zero-order chi connectivity index (χ0) is 17.4. The monoisotopic (exact) mass is 339 g/mol. The number of carbonyl (C=O) groups is 2. The van der Waals surface area contributed by atoms with Crippen molar-refractivity contribution in [2.24, 2.45) is 0 Å². The molecule has 2 fully saturated rings. The Morgan fingerprint density at radius 2 is 1.68 bits per heavy atom. The molecule has 1 aromatic carbocycles. The first-order valence-corrected chi connectivity index (χ1v) is 8.68. The maximum atomic E-state index is 13.0. The van der Waals surface area contributed by atoms with Gasteiger partial charge in [0.05, 0.1) is 11.1 Å². The molecule has 2 aromatic rings. The van der Waals surface area contributed by atoms with Gasteiger partial charge in [0.15, 0.2) is 5.76 Å². The first kappa shape index (κ1) is 15.9. The van der Waals surface area contributed by atoms with Crippen LogP contribution in [0.15, 0.2) is 40.9 Å². The second-order valence-electron chi connectivity index (χ2n) is 6.82. The van der Waals surface area contributed by atoms with E-state index >= 15 is 0 Å². The summed E-state index contributed by atoms with van der Waals surface area (Å²) in [5.74, 6) is 0.872. The maximum absolute atomic E-state index is 13.0. The van der Waals surface area contributed by atoms with Crippen LogP contribution < -0.4 is 0 Å². The summed E-state index contributed by atoms with van der Waals surface area (Å²) in [4.78, 5) is 28.1. The lowest BCUT2D eigenvalue weighted by atomic mass is 9.99. The number of rotatable bonds is 3. The van der Waals surface area contributed by atoms with E-state index in [0.717, 1.165) is 24.1 Å². The largest absolute Gasteiger partial charge is 0.356 e. The van der Waals surface area contributed by atoms with Crippen LogP contribution in [0.2, 0.25) is 0 Å². The normalized spacial score (nSPS) is 18.9. The van der Waals surface area contributed by atoms with Crippen LogP contribution in [-0.2, 0) is 15.0 Å². The number of benzene rings is 1. The topological polar surface area (TPSA) is 66.7 Å². The molecule has 0 radical (unpaired) electrons. The SMILES string of the molecule is CC(=O)N1CCN(C(=O)C2(c3cc(-c4ccccc4)on3)CC2)CC1. The predicted octanol–water partition coefficient (Wildman–Crippen LogP) is 2.06. The van der Waals surface area contributed by atoms with Crippen molar-refractivity contribution in [3.05, 3.63) is 42.1 Å². The highest BCUT2D eigenvalue weighted by Crippen LogP contribution is 2.49. The van der Waals surface area contributed by atoms with Gasteiger partial charge in [0.2, 0.25) is 11.8 Å². The van der Waals surface area contributed by atoms with Gasteiger partial charge in [-0.15, -0.1) is 0 Å². The summed E-state index contributed by atoms with van der Waals surface area (Å²) >= 11 is 0. The molecule has 1 aromatic heterocycles. The Kier molecular flexibility index (Phi) is 3.82. The fourth-order valence-corrected chi connectivity index (χ4v) is 3.47. The van der Waals surface area contributed by atoms with E-state index in [4.69, 9.17) is 4.52 Å². The molecule has 0 unspecified atom stereocenters. The van der Waals surface area contributed by atoms with Gasteiger partial charge in [0, 0.05) is 44.7 Å². The Morgan fingerprint density at radius 3 is 2.28 bits per heavy atom. The highest BCUT2D eigenvalue weighted by molar-refractivity contribution is 5.91. The Labute approximate surface area is 146 Å². The molecular weight excluding hydrogens is 318 g/mol. The summed E-state index contributed by atoms with van der Waals surface area (Å²) in [6.07, 6.45) is 1.61. The van der Waals surface area contributed by atoms with Gasteiger partial charge in [-0.05, 0) is 12.8 Å². The molecule has 25 heavy (non-hydrogen) atoms. The molecular formula is C19H21N3O3. The first-order chi connectivity index (χ1) is 12.1. The number of hydrogen-bond donors (Lipinski definition) is 0. The minimum atomic E-state index is -0.533. The molecule has 0 bridgehead atoms. The van der Waals surface area contributed by atoms with Crippen molar-refractivity contribution >= 4 is 11.8 Å². The average molecular weight is 339 g/mol. The van der Waals surface area contributed by atoms with Crippen molar-refractivity contribution < 1.29 is 14.1 Å². The smallest absolute Gasteiger partial charge is 0.235 e. The predicted molar refractivity (Wildman–Crippen MR) is 91.7 cm³/mol. The quantitative estimate of drug-likeness (QED) is 0.858. The van der Waals surface area contributed by atoms with E-state index in [0.29, 0.717) is 31.9 Å². The summed E-state index contributed by atoms with van der Waals surface area (Å²) in [5.41, 5.74) is 1.15. The molecule has 2 heterocycles. The summed E-state index contributed by atoms with van der Waals surface area (Å²) in [5, 5.41) is 4.20. The van der Waals surface area contributed by atoms with E-state index in [9.17, 15) is 9.59 Å². The number of hydrogen-bond acceptors (Lipinski definition) is 4. The van der Waals surface area contributed by atoms with Gasteiger partial charge in [0.25, 0.3) is 0 Å². The Balaban J connectivity index is 1.50. The third kappa shape index (κ3) is 2.81. The van der Waals surface area contributed by atoms with Crippen molar-refractivity contribution in [2.75, 3.05) is 26.2 Å². The van der Waals surface area contributed by atoms with Crippen LogP contribution in [0.4, 0.5) is 0 Å². The molecule has 2 aliphatic rings.